The summed E-state index contributed by atoms with van der Waals surface area (Å²) in [6.45, 7) is 4.26. The van der Waals surface area contributed by atoms with Crippen molar-refractivity contribution in [3.63, 3.8) is 0 Å². The van der Waals surface area contributed by atoms with E-state index in [1.807, 2.05) is 12.2 Å². The highest BCUT2D eigenvalue weighted by atomic mass is 16.6. The van der Waals surface area contributed by atoms with Crippen molar-refractivity contribution < 1.29 is 38.2 Å². The van der Waals surface area contributed by atoms with E-state index in [1.54, 1.807) is 21.1 Å². The summed E-state index contributed by atoms with van der Waals surface area (Å²) in [7, 11) is 5.35. The summed E-state index contributed by atoms with van der Waals surface area (Å²) >= 11 is 0. The number of carboxylic acid groups (broad SMARTS) is 1. The number of nitrogens with zero attached hydrogens (tertiary/aromatic N) is 1. The Morgan fingerprint density at radius 2 is 0.841 bits per heavy atom. The van der Waals surface area contributed by atoms with Gasteiger partial charge in [-0.05, 0) is 96.3 Å². The summed E-state index contributed by atoms with van der Waals surface area (Å²) in [4.78, 5) is 36.9. The Labute approximate surface area is 383 Å². The van der Waals surface area contributed by atoms with E-state index in [0.29, 0.717) is 12.8 Å². The van der Waals surface area contributed by atoms with Crippen LogP contribution in [-0.2, 0) is 28.6 Å². The van der Waals surface area contributed by atoms with Gasteiger partial charge in [0.15, 0.2) is 6.10 Å². The Morgan fingerprint density at radius 1 is 0.476 bits per heavy atom. The third-order valence-corrected chi connectivity index (χ3v) is 9.23. The minimum atomic E-state index is -1.15. The Morgan fingerprint density at radius 3 is 1.21 bits per heavy atom. The van der Waals surface area contributed by atoms with E-state index in [0.717, 1.165) is 83.5 Å². The largest absolute Gasteiger partial charge is 0.544 e. The Hall–Kier alpha value is -4.79. The van der Waals surface area contributed by atoms with E-state index in [2.05, 4.69) is 148 Å². The third-order valence-electron chi connectivity index (χ3n) is 9.23. The molecule has 8 nitrogen and oxygen atoms in total. The molecule has 0 aromatic carbocycles. The molecule has 2 unspecified atom stereocenters. The quantitative estimate of drug-likeness (QED) is 0.0262. The second-order valence-corrected chi connectivity index (χ2v) is 15.9. The number of ether oxygens (including phenoxy) is 3. The molecule has 0 saturated heterocycles. The fraction of sp³-hybridized carbons (Fsp3) is 0.509. The van der Waals surface area contributed by atoms with Crippen molar-refractivity contribution in [2.75, 3.05) is 41.0 Å². The molecule has 0 rings (SSSR count). The van der Waals surface area contributed by atoms with E-state index in [1.165, 1.54) is 0 Å². The van der Waals surface area contributed by atoms with Crippen LogP contribution >= 0.6 is 0 Å². The first-order valence-corrected chi connectivity index (χ1v) is 23.4. The maximum absolute atomic E-state index is 12.7. The molecule has 0 aliphatic carbocycles. The van der Waals surface area contributed by atoms with Gasteiger partial charge >= 0.3 is 11.9 Å². The summed E-state index contributed by atoms with van der Waals surface area (Å²) in [5.74, 6) is -1.94. The number of hydrogen-bond donors (Lipinski definition) is 0. The topological polar surface area (TPSA) is 102 Å². The molecule has 63 heavy (non-hydrogen) atoms. The predicted molar refractivity (Wildman–Crippen MR) is 263 cm³/mol. The summed E-state index contributed by atoms with van der Waals surface area (Å²) in [6.07, 6.45) is 64.7. The lowest BCUT2D eigenvalue weighted by molar-refractivity contribution is -0.889. The van der Waals surface area contributed by atoms with E-state index >= 15 is 0 Å². The molecule has 0 aliphatic rings. The van der Waals surface area contributed by atoms with Crippen LogP contribution in [0.2, 0.25) is 0 Å². The number of hydrogen-bond acceptors (Lipinski definition) is 7. The fourth-order valence-corrected chi connectivity index (χ4v) is 5.69. The maximum atomic E-state index is 12.7. The van der Waals surface area contributed by atoms with E-state index < -0.39 is 24.1 Å². The molecular formula is C55H83NO7. The first-order chi connectivity index (χ1) is 30.6. The Balaban J connectivity index is 4.57. The zero-order valence-corrected chi connectivity index (χ0v) is 39.7. The van der Waals surface area contributed by atoms with E-state index in [9.17, 15) is 19.5 Å². The van der Waals surface area contributed by atoms with Crippen LogP contribution in [0.15, 0.2) is 146 Å². The summed E-state index contributed by atoms with van der Waals surface area (Å²) < 4.78 is 17.0. The molecule has 0 saturated carbocycles. The van der Waals surface area contributed by atoms with Gasteiger partial charge in [0.2, 0.25) is 0 Å². The van der Waals surface area contributed by atoms with Crippen LogP contribution in [0.3, 0.4) is 0 Å². The summed E-state index contributed by atoms with van der Waals surface area (Å²) in [5.41, 5.74) is 0. The molecule has 0 heterocycles. The zero-order valence-electron chi connectivity index (χ0n) is 39.7. The number of esters is 2. The van der Waals surface area contributed by atoms with Gasteiger partial charge in [0.25, 0.3) is 0 Å². The van der Waals surface area contributed by atoms with Crippen molar-refractivity contribution in [1.82, 2.24) is 0 Å². The second-order valence-electron chi connectivity index (χ2n) is 15.9. The molecule has 0 N–H and O–H groups in total. The summed E-state index contributed by atoms with van der Waals surface area (Å²) in [6, 6.07) is -0.758. The smallest absolute Gasteiger partial charge is 0.306 e. The zero-order chi connectivity index (χ0) is 46.3. The number of aliphatic carboxylic acids is 1. The van der Waals surface area contributed by atoms with Crippen LogP contribution in [0.5, 0.6) is 0 Å². The van der Waals surface area contributed by atoms with Crippen LogP contribution in [0, 0.1) is 0 Å². The minimum absolute atomic E-state index is 0.0195. The van der Waals surface area contributed by atoms with Gasteiger partial charge in [-0.2, -0.15) is 0 Å². The normalized spacial score (nSPS) is 14.2. The van der Waals surface area contributed by atoms with Gasteiger partial charge in [0, 0.05) is 19.3 Å². The first kappa shape index (κ1) is 58.2. The van der Waals surface area contributed by atoms with Crippen molar-refractivity contribution in [2.24, 2.45) is 0 Å². The highest BCUT2D eigenvalue weighted by molar-refractivity contribution is 5.70. The lowest BCUT2D eigenvalue weighted by Gasteiger charge is -2.34. The van der Waals surface area contributed by atoms with Gasteiger partial charge in [-0.1, -0.05) is 160 Å². The molecule has 0 aromatic heterocycles. The number of carbonyl (C=O) groups excluding carboxylic acids is 3. The molecule has 0 amide bonds. The highest BCUT2D eigenvalue weighted by Crippen LogP contribution is 2.10. The lowest BCUT2D eigenvalue weighted by Crippen LogP contribution is -2.55. The van der Waals surface area contributed by atoms with Crippen LogP contribution < -0.4 is 5.11 Å². The molecule has 8 heteroatoms. The number of carbonyl (C=O) groups is 3. The standard InChI is InChI=1S/C55H83NO7/c1-6-8-10-12-14-16-18-20-22-24-26-28-29-31-33-35-37-39-41-43-45-53(57)62-50-51(49-61-48-47-52(55(59)60)56(3,4)5)63-54(58)46-44-42-40-38-36-34-32-30-27-25-23-21-19-17-15-13-11-9-7-2/h8-11,14-17,20-23,26-28,30-31,33-34,36-37,39-40,42,51-52H,6-7,12-13,18-19,24-25,29,32,35,38,41,43-50H2,1-5H3/b10-8+,11-9+,16-14+,17-15+,22-20+,23-21+,28-26+,30-27+,33-31+,36-34+,39-37+,42-40+. The Kier molecular flexibility index (Phi) is 40.5. The van der Waals surface area contributed by atoms with E-state index in [-0.39, 0.29) is 49.5 Å². The summed E-state index contributed by atoms with van der Waals surface area (Å²) in [5, 5.41) is 11.6. The lowest BCUT2D eigenvalue weighted by atomic mass is 10.1. The average Bonchev–Trinajstić information content (AvgIpc) is 3.24. The van der Waals surface area contributed by atoms with Gasteiger partial charge in [-0.25, -0.2) is 0 Å². The van der Waals surface area contributed by atoms with Gasteiger partial charge in [-0.15, -0.1) is 0 Å². The van der Waals surface area contributed by atoms with Gasteiger partial charge in [0.05, 0.1) is 40.3 Å². The highest BCUT2D eigenvalue weighted by Gasteiger charge is 2.25. The number of rotatable bonds is 39. The molecule has 2 atom stereocenters. The van der Waals surface area contributed by atoms with Crippen LogP contribution in [0.25, 0.3) is 0 Å². The Bertz CT molecular complexity index is 1530. The van der Waals surface area contributed by atoms with Crippen molar-refractivity contribution in [1.29, 1.82) is 0 Å². The predicted octanol–water partition coefficient (Wildman–Crippen LogP) is 12.0. The number of allylic oxidation sites excluding steroid dienone is 24. The van der Waals surface area contributed by atoms with Crippen molar-refractivity contribution in [3.8, 4) is 0 Å². The van der Waals surface area contributed by atoms with E-state index in [4.69, 9.17) is 14.2 Å². The number of unbranched alkanes of at least 4 members (excludes halogenated alkanes) is 1. The minimum Gasteiger partial charge on any atom is -0.544 e. The third kappa shape index (κ3) is 42.3. The van der Waals surface area contributed by atoms with Crippen molar-refractivity contribution >= 4 is 17.9 Å². The molecule has 0 bridgehead atoms. The molecule has 0 radical (unpaired) electrons. The fourth-order valence-electron chi connectivity index (χ4n) is 5.69. The SMILES string of the molecule is CC/C=C/C/C=C/C/C=C/C/C=C/C/C=C/C/C=C/CCCC(=O)OCC(COCCC(C(=O)[O-])[N+](C)(C)C)OC(=O)CC/C=C/C/C=C/C/C=C/C/C=C/C/C=C/C/C=C/CC. The molecule has 0 aliphatic heterocycles. The molecule has 0 fully saturated rings. The molecule has 0 spiro atoms. The second kappa shape index (κ2) is 43.8. The van der Waals surface area contributed by atoms with Gasteiger partial charge in [0.1, 0.15) is 12.6 Å². The van der Waals surface area contributed by atoms with Crippen molar-refractivity contribution in [3.05, 3.63) is 146 Å². The van der Waals surface area contributed by atoms with Crippen LogP contribution in [-0.4, -0.2) is 75.5 Å². The monoisotopic (exact) mass is 870 g/mol. The number of carboxylic acids is 1. The molecule has 350 valence electrons. The molecular weight excluding hydrogens is 787 g/mol. The number of likely N-dealkylation sites (N-methyl/N-ethyl adjacent to an activating group) is 1. The van der Waals surface area contributed by atoms with Crippen LogP contribution in [0.4, 0.5) is 0 Å². The molecule has 0 aromatic rings. The van der Waals surface area contributed by atoms with Crippen molar-refractivity contribution in [2.45, 2.75) is 142 Å². The average molecular weight is 870 g/mol. The number of quaternary nitrogens is 1. The first-order valence-electron chi connectivity index (χ1n) is 23.4. The van der Waals surface area contributed by atoms with Gasteiger partial charge in [-0.3, -0.25) is 9.59 Å². The maximum Gasteiger partial charge on any atom is 0.306 e. The van der Waals surface area contributed by atoms with Gasteiger partial charge < -0.3 is 28.6 Å². The van der Waals surface area contributed by atoms with Crippen LogP contribution in [0.1, 0.15) is 129 Å².